The Balaban J connectivity index is 1.27. The van der Waals surface area contributed by atoms with E-state index in [2.05, 4.69) is 15.0 Å². The quantitative estimate of drug-likeness (QED) is 0.673. The number of hydrogen-bond donors (Lipinski definition) is 0. The van der Waals surface area contributed by atoms with Crippen molar-refractivity contribution in [1.82, 2.24) is 19.9 Å². The summed E-state index contributed by atoms with van der Waals surface area (Å²) >= 11 is 0. The first-order valence-corrected chi connectivity index (χ1v) is 10.9. The second-order valence-corrected chi connectivity index (χ2v) is 8.44. The summed E-state index contributed by atoms with van der Waals surface area (Å²) < 4.78 is 43.9. The highest BCUT2D eigenvalue weighted by Crippen LogP contribution is 2.32. The van der Waals surface area contributed by atoms with Gasteiger partial charge < -0.3 is 9.42 Å². The SMILES string of the molecule is O=C(CCC1CCCC1)N1CCN(Cc2noc(-c3cccc(C(F)(F)F)c3)n2)CC1. The molecule has 0 atom stereocenters. The fourth-order valence-electron chi connectivity index (χ4n) is 4.40. The summed E-state index contributed by atoms with van der Waals surface area (Å²) in [7, 11) is 0. The zero-order valence-electron chi connectivity index (χ0n) is 17.4. The lowest BCUT2D eigenvalue weighted by Crippen LogP contribution is -2.48. The van der Waals surface area contributed by atoms with Crippen LogP contribution in [0.4, 0.5) is 13.2 Å². The second-order valence-electron chi connectivity index (χ2n) is 8.44. The van der Waals surface area contributed by atoms with Crippen molar-refractivity contribution >= 4 is 5.91 Å². The first kappa shape index (κ1) is 21.8. The van der Waals surface area contributed by atoms with Crippen molar-refractivity contribution in [1.29, 1.82) is 0 Å². The van der Waals surface area contributed by atoms with Crippen LogP contribution in [0, 0.1) is 5.92 Å². The minimum atomic E-state index is -4.42. The van der Waals surface area contributed by atoms with Gasteiger partial charge in [0.15, 0.2) is 5.82 Å². The van der Waals surface area contributed by atoms with E-state index < -0.39 is 11.7 Å². The zero-order valence-corrected chi connectivity index (χ0v) is 17.4. The molecular formula is C22H27F3N4O2. The first-order valence-electron chi connectivity index (χ1n) is 10.9. The zero-order chi connectivity index (χ0) is 21.8. The van der Waals surface area contributed by atoms with Gasteiger partial charge in [-0.3, -0.25) is 9.69 Å². The molecule has 0 radical (unpaired) electrons. The highest BCUT2D eigenvalue weighted by Gasteiger charge is 2.31. The second kappa shape index (κ2) is 9.38. The Morgan fingerprint density at radius 3 is 2.58 bits per heavy atom. The van der Waals surface area contributed by atoms with Gasteiger partial charge in [-0.25, -0.2) is 0 Å². The number of amides is 1. The van der Waals surface area contributed by atoms with Crippen LogP contribution in [0.2, 0.25) is 0 Å². The van der Waals surface area contributed by atoms with Gasteiger partial charge in [0.05, 0.1) is 12.1 Å². The van der Waals surface area contributed by atoms with Crippen LogP contribution in [0.25, 0.3) is 11.5 Å². The average Bonchev–Trinajstić information content (AvgIpc) is 3.44. The molecule has 2 fully saturated rings. The molecule has 4 rings (SSSR count). The lowest BCUT2D eigenvalue weighted by Gasteiger charge is -2.34. The van der Waals surface area contributed by atoms with Crippen molar-refractivity contribution in [3.63, 3.8) is 0 Å². The number of rotatable bonds is 6. The molecule has 0 N–H and O–H groups in total. The Kier molecular flexibility index (Phi) is 6.60. The van der Waals surface area contributed by atoms with Gasteiger partial charge in [-0.2, -0.15) is 18.2 Å². The van der Waals surface area contributed by atoms with Gasteiger partial charge in [0.25, 0.3) is 5.89 Å². The van der Waals surface area contributed by atoms with E-state index in [-0.39, 0.29) is 17.4 Å². The van der Waals surface area contributed by atoms with Crippen LogP contribution < -0.4 is 0 Å². The third-order valence-corrected chi connectivity index (χ3v) is 6.24. The molecule has 1 aromatic heterocycles. The normalized spacial score (nSPS) is 18.6. The number of nitrogens with zero attached hydrogens (tertiary/aromatic N) is 4. The average molecular weight is 436 g/mol. The van der Waals surface area contributed by atoms with Gasteiger partial charge in [-0.05, 0) is 30.5 Å². The predicted molar refractivity (Wildman–Crippen MR) is 108 cm³/mol. The number of carbonyl (C=O) groups excluding carboxylic acids is 1. The fraction of sp³-hybridized carbons (Fsp3) is 0.591. The molecule has 1 aromatic carbocycles. The van der Waals surface area contributed by atoms with E-state index in [1.165, 1.54) is 37.8 Å². The summed E-state index contributed by atoms with van der Waals surface area (Å²) in [6.07, 6.45) is 2.32. The maximum atomic E-state index is 12.9. The minimum absolute atomic E-state index is 0.0711. The Morgan fingerprint density at radius 2 is 1.87 bits per heavy atom. The molecule has 2 aliphatic rings. The summed E-state index contributed by atoms with van der Waals surface area (Å²) in [5.74, 6) is 1.45. The lowest BCUT2D eigenvalue weighted by molar-refractivity contribution is -0.137. The van der Waals surface area contributed by atoms with Crippen LogP contribution in [0.3, 0.4) is 0 Å². The topological polar surface area (TPSA) is 62.5 Å². The summed E-state index contributed by atoms with van der Waals surface area (Å²) in [5, 5.41) is 3.92. The molecule has 1 saturated heterocycles. The third-order valence-electron chi connectivity index (χ3n) is 6.24. The van der Waals surface area contributed by atoms with E-state index in [1.807, 2.05) is 4.90 Å². The molecule has 2 aromatic rings. The molecule has 1 aliphatic carbocycles. The monoisotopic (exact) mass is 436 g/mol. The molecule has 1 saturated carbocycles. The van der Waals surface area contributed by atoms with E-state index in [1.54, 1.807) is 0 Å². The Morgan fingerprint density at radius 1 is 1.13 bits per heavy atom. The highest BCUT2D eigenvalue weighted by molar-refractivity contribution is 5.76. The van der Waals surface area contributed by atoms with E-state index in [0.717, 1.165) is 24.5 Å². The molecule has 6 nitrogen and oxygen atoms in total. The van der Waals surface area contributed by atoms with Gasteiger partial charge in [0.2, 0.25) is 5.91 Å². The number of benzene rings is 1. The Bertz CT molecular complexity index is 885. The summed E-state index contributed by atoms with van der Waals surface area (Å²) in [4.78, 5) is 20.8. The molecule has 168 valence electrons. The van der Waals surface area contributed by atoms with E-state index >= 15 is 0 Å². The summed E-state index contributed by atoms with van der Waals surface area (Å²) in [5.41, 5.74) is -0.510. The number of carbonyl (C=O) groups is 1. The maximum Gasteiger partial charge on any atom is 0.416 e. The molecule has 0 unspecified atom stereocenters. The van der Waals surface area contributed by atoms with Gasteiger partial charge in [0.1, 0.15) is 0 Å². The molecule has 1 amide bonds. The van der Waals surface area contributed by atoms with E-state index in [4.69, 9.17) is 4.52 Å². The van der Waals surface area contributed by atoms with Crippen molar-refractivity contribution < 1.29 is 22.5 Å². The van der Waals surface area contributed by atoms with E-state index in [0.29, 0.717) is 45.0 Å². The molecule has 0 bridgehead atoms. The largest absolute Gasteiger partial charge is 0.416 e. The van der Waals surface area contributed by atoms with Crippen LogP contribution >= 0.6 is 0 Å². The minimum Gasteiger partial charge on any atom is -0.340 e. The van der Waals surface area contributed by atoms with E-state index in [9.17, 15) is 18.0 Å². The maximum absolute atomic E-state index is 12.9. The van der Waals surface area contributed by atoms with Crippen LogP contribution in [0.15, 0.2) is 28.8 Å². The van der Waals surface area contributed by atoms with Gasteiger partial charge >= 0.3 is 6.18 Å². The number of aromatic nitrogens is 2. The molecule has 1 aliphatic heterocycles. The highest BCUT2D eigenvalue weighted by atomic mass is 19.4. The summed E-state index contributed by atoms with van der Waals surface area (Å²) in [6.45, 7) is 3.20. The van der Waals surface area contributed by atoms with Crippen molar-refractivity contribution in [2.24, 2.45) is 5.92 Å². The smallest absolute Gasteiger partial charge is 0.340 e. The summed E-state index contributed by atoms with van der Waals surface area (Å²) in [6, 6.07) is 4.86. The number of hydrogen-bond acceptors (Lipinski definition) is 5. The molecule has 31 heavy (non-hydrogen) atoms. The molecule has 9 heteroatoms. The Labute approximate surface area is 179 Å². The molecule has 2 heterocycles. The number of alkyl halides is 3. The third kappa shape index (κ3) is 5.64. The molecular weight excluding hydrogens is 409 g/mol. The number of halogens is 3. The van der Waals surface area contributed by atoms with Crippen molar-refractivity contribution in [2.45, 2.75) is 51.2 Å². The van der Waals surface area contributed by atoms with Gasteiger partial charge in [-0.15, -0.1) is 0 Å². The van der Waals surface area contributed by atoms with Crippen molar-refractivity contribution in [3.05, 3.63) is 35.7 Å². The van der Waals surface area contributed by atoms with Crippen molar-refractivity contribution in [2.75, 3.05) is 26.2 Å². The molecule has 0 spiro atoms. The fourth-order valence-corrected chi connectivity index (χ4v) is 4.40. The van der Waals surface area contributed by atoms with Crippen LogP contribution in [-0.2, 0) is 17.5 Å². The lowest BCUT2D eigenvalue weighted by atomic mass is 10.0. The first-order chi connectivity index (χ1) is 14.9. The number of piperazine rings is 1. The van der Waals surface area contributed by atoms with Crippen molar-refractivity contribution in [3.8, 4) is 11.5 Å². The van der Waals surface area contributed by atoms with Crippen LogP contribution in [0.5, 0.6) is 0 Å². The van der Waals surface area contributed by atoms with Gasteiger partial charge in [0, 0.05) is 38.2 Å². The van der Waals surface area contributed by atoms with Crippen LogP contribution in [0.1, 0.15) is 49.9 Å². The van der Waals surface area contributed by atoms with Crippen LogP contribution in [-0.4, -0.2) is 52.0 Å². The standard InChI is InChI=1S/C22H27F3N4O2/c23-22(24,25)18-7-3-6-17(14-18)21-26-19(27-31-21)15-28-10-12-29(13-11-28)20(30)9-8-16-4-1-2-5-16/h3,6-7,14,16H,1-2,4-5,8-13,15H2. The predicted octanol–water partition coefficient (Wildman–Crippen LogP) is 4.37. The van der Waals surface area contributed by atoms with Gasteiger partial charge in [-0.1, -0.05) is 36.9 Å². The Hall–Kier alpha value is -2.42.